The number of hydrogen-bond donors (Lipinski definition) is 0. The van der Waals surface area contributed by atoms with Crippen molar-refractivity contribution >= 4 is 12.2 Å². The van der Waals surface area contributed by atoms with E-state index in [4.69, 9.17) is 0 Å². The summed E-state index contributed by atoms with van der Waals surface area (Å²) >= 11 is 0. The fourth-order valence-electron chi connectivity index (χ4n) is 1.09. The maximum absolute atomic E-state index is 10.4. The molecular formula is C9H13N3O. The van der Waals surface area contributed by atoms with Crippen LogP contribution in [-0.4, -0.2) is 29.3 Å². The van der Waals surface area contributed by atoms with Crippen molar-refractivity contribution in [1.82, 2.24) is 9.97 Å². The van der Waals surface area contributed by atoms with E-state index in [9.17, 15) is 4.79 Å². The van der Waals surface area contributed by atoms with Crippen LogP contribution in [0.15, 0.2) is 12.3 Å². The highest BCUT2D eigenvalue weighted by Gasteiger charge is 2.04. The van der Waals surface area contributed by atoms with Gasteiger partial charge >= 0.3 is 0 Å². The number of aromatic nitrogens is 2. The molecule has 0 fully saturated rings. The molecule has 0 unspecified atom stereocenters. The Morgan fingerprint density at radius 3 is 2.69 bits per heavy atom. The summed E-state index contributed by atoms with van der Waals surface area (Å²) in [5.41, 5.74) is 0.428. The van der Waals surface area contributed by atoms with E-state index in [1.54, 1.807) is 12.3 Å². The summed E-state index contributed by atoms with van der Waals surface area (Å²) in [5, 5.41) is 0. The van der Waals surface area contributed by atoms with Crippen molar-refractivity contribution in [3.05, 3.63) is 18.0 Å². The van der Waals surface area contributed by atoms with Crippen LogP contribution in [0, 0.1) is 0 Å². The molecule has 0 bridgehead atoms. The molecule has 4 heteroatoms. The van der Waals surface area contributed by atoms with Crippen molar-refractivity contribution in [2.75, 3.05) is 18.0 Å². The van der Waals surface area contributed by atoms with Crippen molar-refractivity contribution in [3.63, 3.8) is 0 Å². The van der Waals surface area contributed by atoms with Gasteiger partial charge in [0.2, 0.25) is 5.95 Å². The van der Waals surface area contributed by atoms with Crippen molar-refractivity contribution < 1.29 is 4.79 Å². The largest absolute Gasteiger partial charge is 0.341 e. The molecule has 0 radical (unpaired) electrons. The molecule has 0 aliphatic rings. The zero-order valence-electron chi connectivity index (χ0n) is 7.90. The number of carbonyl (C=O) groups is 1. The number of aldehydes is 1. The molecule has 0 spiro atoms. The van der Waals surface area contributed by atoms with Crippen LogP contribution in [0.3, 0.4) is 0 Å². The van der Waals surface area contributed by atoms with Crippen LogP contribution in [0.2, 0.25) is 0 Å². The van der Waals surface area contributed by atoms with E-state index >= 15 is 0 Å². The third-order valence-corrected chi connectivity index (χ3v) is 1.83. The first kappa shape index (κ1) is 9.64. The average Bonchev–Trinajstić information content (AvgIpc) is 2.20. The summed E-state index contributed by atoms with van der Waals surface area (Å²) < 4.78 is 0. The lowest BCUT2D eigenvalue weighted by Crippen LogP contribution is -2.24. The lowest BCUT2D eigenvalue weighted by molar-refractivity contribution is 0.111. The molecular weight excluding hydrogens is 166 g/mol. The number of anilines is 1. The average molecular weight is 179 g/mol. The molecule has 1 aromatic rings. The molecule has 0 N–H and O–H groups in total. The second kappa shape index (κ2) is 4.54. The number of hydrogen-bond acceptors (Lipinski definition) is 4. The first-order chi connectivity index (χ1) is 6.31. The van der Waals surface area contributed by atoms with E-state index in [1.807, 2.05) is 18.7 Å². The monoisotopic (exact) mass is 179 g/mol. The predicted molar refractivity (Wildman–Crippen MR) is 51.0 cm³/mol. The zero-order valence-corrected chi connectivity index (χ0v) is 7.90. The molecule has 4 nitrogen and oxygen atoms in total. The molecule has 0 saturated heterocycles. The van der Waals surface area contributed by atoms with E-state index in [2.05, 4.69) is 9.97 Å². The highest BCUT2D eigenvalue weighted by molar-refractivity contribution is 5.71. The lowest BCUT2D eigenvalue weighted by Gasteiger charge is -2.17. The van der Waals surface area contributed by atoms with Gasteiger partial charge in [-0.1, -0.05) is 0 Å². The Hall–Kier alpha value is -1.45. The minimum absolute atomic E-state index is 0.428. The number of rotatable bonds is 4. The van der Waals surface area contributed by atoms with Gasteiger partial charge in [0.15, 0.2) is 6.29 Å². The van der Waals surface area contributed by atoms with Gasteiger partial charge in [-0.2, -0.15) is 0 Å². The van der Waals surface area contributed by atoms with E-state index < -0.39 is 0 Å². The second-order valence-electron chi connectivity index (χ2n) is 2.57. The summed E-state index contributed by atoms with van der Waals surface area (Å²) in [6.07, 6.45) is 2.33. The minimum atomic E-state index is 0.428. The Kier molecular flexibility index (Phi) is 3.37. The Balaban J connectivity index is 2.92. The molecule has 13 heavy (non-hydrogen) atoms. The fraction of sp³-hybridized carbons (Fsp3) is 0.444. The van der Waals surface area contributed by atoms with Gasteiger partial charge in [-0.25, -0.2) is 9.97 Å². The van der Waals surface area contributed by atoms with Gasteiger partial charge in [0, 0.05) is 19.3 Å². The van der Waals surface area contributed by atoms with Crippen molar-refractivity contribution in [2.45, 2.75) is 13.8 Å². The molecule has 70 valence electrons. The molecule has 0 aliphatic heterocycles. The van der Waals surface area contributed by atoms with Crippen molar-refractivity contribution in [2.24, 2.45) is 0 Å². The molecule has 1 rings (SSSR count). The van der Waals surface area contributed by atoms with Crippen molar-refractivity contribution in [3.8, 4) is 0 Å². The normalized spacial score (nSPS) is 9.69. The van der Waals surface area contributed by atoms with Gasteiger partial charge in [-0.15, -0.1) is 0 Å². The Labute approximate surface area is 77.6 Å². The highest BCUT2D eigenvalue weighted by Crippen LogP contribution is 2.05. The van der Waals surface area contributed by atoms with E-state index in [0.29, 0.717) is 11.6 Å². The van der Waals surface area contributed by atoms with Gasteiger partial charge in [0.1, 0.15) is 5.69 Å². The van der Waals surface area contributed by atoms with Crippen LogP contribution in [-0.2, 0) is 0 Å². The van der Waals surface area contributed by atoms with Crippen molar-refractivity contribution in [1.29, 1.82) is 0 Å². The van der Waals surface area contributed by atoms with Crippen LogP contribution in [0.25, 0.3) is 0 Å². The lowest BCUT2D eigenvalue weighted by atomic mass is 10.4. The molecule has 0 saturated carbocycles. The molecule has 1 heterocycles. The molecule has 0 atom stereocenters. The maximum Gasteiger partial charge on any atom is 0.225 e. The third kappa shape index (κ3) is 2.24. The van der Waals surface area contributed by atoms with Crippen LogP contribution in [0.5, 0.6) is 0 Å². The maximum atomic E-state index is 10.4. The minimum Gasteiger partial charge on any atom is -0.341 e. The molecule has 1 aromatic heterocycles. The van der Waals surface area contributed by atoms with Gasteiger partial charge < -0.3 is 4.90 Å². The topological polar surface area (TPSA) is 46.1 Å². The Morgan fingerprint density at radius 2 is 2.15 bits per heavy atom. The molecule has 0 aromatic carbocycles. The van der Waals surface area contributed by atoms with Crippen LogP contribution < -0.4 is 4.90 Å². The van der Waals surface area contributed by atoms with Gasteiger partial charge in [0.05, 0.1) is 0 Å². The number of nitrogens with zero attached hydrogens (tertiary/aromatic N) is 3. The van der Waals surface area contributed by atoms with Crippen LogP contribution in [0.4, 0.5) is 5.95 Å². The Bertz CT molecular complexity index is 284. The van der Waals surface area contributed by atoms with Crippen LogP contribution >= 0.6 is 0 Å². The summed E-state index contributed by atoms with van der Waals surface area (Å²) in [6, 6.07) is 1.60. The molecule has 0 amide bonds. The van der Waals surface area contributed by atoms with E-state index in [0.717, 1.165) is 19.4 Å². The number of carbonyl (C=O) groups excluding carboxylic acids is 1. The van der Waals surface area contributed by atoms with Gasteiger partial charge in [-0.3, -0.25) is 4.79 Å². The summed E-state index contributed by atoms with van der Waals surface area (Å²) in [7, 11) is 0. The Morgan fingerprint density at radius 1 is 1.46 bits per heavy atom. The van der Waals surface area contributed by atoms with E-state index in [1.165, 1.54) is 0 Å². The third-order valence-electron chi connectivity index (χ3n) is 1.83. The summed E-state index contributed by atoms with van der Waals surface area (Å²) in [4.78, 5) is 20.6. The summed E-state index contributed by atoms with van der Waals surface area (Å²) in [6.45, 7) is 5.75. The first-order valence-electron chi connectivity index (χ1n) is 4.35. The van der Waals surface area contributed by atoms with Gasteiger partial charge in [-0.05, 0) is 19.9 Å². The summed E-state index contributed by atoms with van der Waals surface area (Å²) in [5.74, 6) is 0.620. The standard InChI is InChI=1S/C9H13N3O/c1-3-12(4-2)9-10-6-5-8(7-13)11-9/h5-7H,3-4H2,1-2H3. The van der Waals surface area contributed by atoms with E-state index in [-0.39, 0.29) is 0 Å². The highest BCUT2D eigenvalue weighted by atomic mass is 16.1. The van der Waals surface area contributed by atoms with Crippen LogP contribution in [0.1, 0.15) is 24.3 Å². The quantitative estimate of drug-likeness (QED) is 0.650. The predicted octanol–water partition coefficient (Wildman–Crippen LogP) is 1.14. The fourth-order valence-corrected chi connectivity index (χ4v) is 1.09. The van der Waals surface area contributed by atoms with Gasteiger partial charge in [0.25, 0.3) is 0 Å². The first-order valence-corrected chi connectivity index (χ1v) is 4.35. The SMILES string of the molecule is CCN(CC)c1nccc(C=O)n1. The molecule has 0 aliphatic carbocycles. The second-order valence-corrected chi connectivity index (χ2v) is 2.57. The smallest absolute Gasteiger partial charge is 0.225 e. The zero-order chi connectivity index (χ0) is 9.68.